The van der Waals surface area contributed by atoms with Crippen LogP contribution in [0, 0.1) is 12.7 Å². The van der Waals surface area contributed by atoms with Gasteiger partial charge >= 0.3 is 0 Å². The van der Waals surface area contributed by atoms with E-state index >= 15 is 0 Å². The average molecular weight is 350 g/mol. The van der Waals surface area contributed by atoms with Crippen LogP contribution in [-0.4, -0.2) is 43.0 Å². The van der Waals surface area contributed by atoms with Crippen molar-refractivity contribution in [3.63, 3.8) is 0 Å². The molecule has 1 unspecified atom stereocenters. The molecular formula is C16H19FN4O2S. The predicted molar refractivity (Wildman–Crippen MR) is 91.9 cm³/mol. The SMILES string of the molecule is Cc1nc(Nc2cccc(F)c2)cc(N(C)C2CCS(=O)(=O)C2)n1. The number of anilines is 3. The van der Waals surface area contributed by atoms with Gasteiger partial charge in [0.1, 0.15) is 23.3 Å². The van der Waals surface area contributed by atoms with Crippen molar-refractivity contribution < 1.29 is 12.8 Å². The summed E-state index contributed by atoms with van der Waals surface area (Å²) in [6, 6.07) is 7.75. The van der Waals surface area contributed by atoms with E-state index in [0.29, 0.717) is 29.6 Å². The van der Waals surface area contributed by atoms with Gasteiger partial charge in [-0.2, -0.15) is 0 Å². The Labute approximate surface area is 140 Å². The molecule has 1 aliphatic rings. The zero-order valence-electron chi connectivity index (χ0n) is 13.5. The Kier molecular flexibility index (Phi) is 4.40. The summed E-state index contributed by atoms with van der Waals surface area (Å²) in [4.78, 5) is 10.6. The highest BCUT2D eigenvalue weighted by molar-refractivity contribution is 7.91. The van der Waals surface area contributed by atoms with E-state index in [9.17, 15) is 12.8 Å². The lowest BCUT2D eigenvalue weighted by Gasteiger charge is -2.25. The summed E-state index contributed by atoms with van der Waals surface area (Å²) >= 11 is 0. The lowest BCUT2D eigenvalue weighted by Crippen LogP contribution is -2.33. The van der Waals surface area contributed by atoms with E-state index in [1.807, 2.05) is 11.9 Å². The van der Waals surface area contributed by atoms with E-state index in [1.54, 1.807) is 25.1 Å². The van der Waals surface area contributed by atoms with Crippen LogP contribution in [0.5, 0.6) is 0 Å². The molecule has 0 bridgehead atoms. The molecule has 0 spiro atoms. The largest absolute Gasteiger partial charge is 0.355 e. The Morgan fingerprint density at radius 1 is 1.29 bits per heavy atom. The molecule has 1 aromatic carbocycles. The van der Waals surface area contributed by atoms with Crippen molar-refractivity contribution in [2.24, 2.45) is 0 Å². The second-order valence-electron chi connectivity index (χ2n) is 5.96. The fourth-order valence-electron chi connectivity index (χ4n) is 2.78. The molecular weight excluding hydrogens is 331 g/mol. The maximum Gasteiger partial charge on any atom is 0.152 e. The monoisotopic (exact) mass is 350 g/mol. The highest BCUT2D eigenvalue weighted by atomic mass is 32.2. The molecule has 8 heteroatoms. The van der Waals surface area contributed by atoms with Crippen LogP contribution < -0.4 is 10.2 Å². The van der Waals surface area contributed by atoms with E-state index in [0.717, 1.165) is 0 Å². The summed E-state index contributed by atoms with van der Waals surface area (Å²) in [5.41, 5.74) is 0.588. The summed E-state index contributed by atoms with van der Waals surface area (Å²) in [6.45, 7) is 1.76. The van der Waals surface area contributed by atoms with Crippen molar-refractivity contribution in [1.29, 1.82) is 0 Å². The molecule has 2 aromatic rings. The molecule has 0 amide bonds. The molecule has 6 nitrogen and oxygen atoms in total. The van der Waals surface area contributed by atoms with Crippen molar-refractivity contribution in [2.75, 3.05) is 28.8 Å². The minimum absolute atomic E-state index is 0.0914. The van der Waals surface area contributed by atoms with E-state index in [2.05, 4.69) is 15.3 Å². The minimum Gasteiger partial charge on any atom is -0.355 e. The van der Waals surface area contributed by atoms with Gasteiger partial charge < -0.3 is 10.2 Å². The number of hydrogen-bond acceptors (Lipinski definition) is 6. The molecule has 0 aliphatic carbocycles. The predicted octanol–water partition coefficient (Wildman–Crippen LogP) is 2.29. The number of aryl methyl sites for hydroxylation is 1. The number of halogens is 1. The van der Waals surface area contributed by atoms with Crippen molar-refractivity contribution >= 4 is 27.2 Å². The third kappa shape index (κ3) is 3.81. The molecule has 1 fully saturated rings. The lowest BCUT2D eigenvalue weighted by atomic mass is 10.2. The van der Waals surface area contributed by atoms with Gasteiger partial charge in [0.05, 0.1) is 11.5 Å². The standard InChI is InChI=1S/C16H19FN4O2S/c1-11-18-15(20-13-5-3-4-12(17)8-13)9-16(19-11)21(2)14-6-7-24(22,23)10-14/h3-5,8-9,14H,6-7,10H2,1-2H3,(H,18,19,20). The van der Waals surface area contributed by atoms with Gasteiger partial charge in [-0.3, -0.25) is 0 Å². The van der Waals surface area contributed by atoms with Gasteiger partial charge in [-0.15, -0.1) is 0 Å². The van der Waals surface area contributed by atoms with E-state index in [4.69, 9.17) is 0 Å². The molecule has 1 N–H and O–H groups in total. The van der Waals surface area contributed by atoms with Gasteiger partial charge in [0.2, 0.25) is 0 Å². The van der Waals surface area contributed by atoms with E-state index < -0.39 is 9.84 Å². The minimum atomic E-state index is -2.96. The van der Waals surface area contributed by atoms with Crippen LogP contribution in [0.25, 0.3) is 0 Å². The highest BCUT2D eigenvalue weighted by Gasteiger charge is 2.31. The molecule has 3 rings (SSSR count). The normalized spacial score (nSPS) is 19.2. The zero-order valence-corrected chi connectivity index (χ0v) is 14.3. The van der Waals surface area contributed by atoms with Crippen molar-refractivity contribution in [2.45, 2.75) is 19.4 Å². The first-order valence-electron chi connectivity index (χ1n) is 7.64. The fraction of sp³-hybridized carbons (Fsp3) is 0.375. The Morgan fingerprint density at radius 2 is 2.08 bits per heavy atom. The molecule has 0 saturated carbocycles. The third-order valence-corrected chi connectivity index (χ3v) is 5.79. The molecule has 1 saturated heterocycles. The van der Waals surface area contributed by atoms with Gasteiger partial charge in [0.15, 0.2) is 9.84 Å². The van der Waals surface area contributed by atoms with Crippen LogP contribution in [0.15, 0.2) is 30.3 Å². The smallest absolute Gasteiger partial charge is 0.152 e. The van der Waals surface area contributed by atoms with Crippen molar-refractivity contribution in [1.82, 2.24) is 9.97 Å². The second-order valence-corrected chi connectivity index (χ2v) is 8.19. The first kappa shape index (κ1) is 16.6. The van der Waals surface area contributed by atoms with E-state index in [-0.39, 0.29) is 23.4 Å². The van der Waals surface area contributed by atoms with Crippen LogP contribution in [0.2, 0.25) is 0 Å². The Bertz CT molecular complexity index is 857. The first-order chi connectivity index (χ1) is 11.3. The maximum absolute atomic E-state index is 13.3. The quantitative estimate of drug-likeness (QED) is 0.912. The molecule has 0 radical (unpaired) electrons. The Balaban J connectivity index is 1.83. The number of benzene rings is 1. The summed E-state index contributed by atoms with van der Waals surface area (Å²) in [5, 5.41) is 3.05. The second kappa shape index (κ2) is 6.35. The molecule has 1 aliphatic heterocycles. The lowest BCUT2D eigenvalue weighted by molar-refractivity contribution is 0.600. The molecule has 1 atom stereocenters. The zero-order chi connectivity index (χ0) is 17.3. The number of nitrogens with zero attached hydrogens (tertiary/aromatic N) is 3. The van der Waals surface area contributed by atoms with Gasteiger partial charge in [-0.05, 0) is 31.5 Å². The summed E-state index contributed by atoms with van der Waals surface area (Å²) < 4.78 is 36.6. The summed E-state index contributed by atoms with van der Waals surface area (Å²) in [7, 11) is -1.13. The van der Waals surface area contributed by atoms with Crippen LogP contribution in [0.3, 0.4) is 0 Å². The first-order valence-corrected chi connectivity index (χ1v) is 9.46. The van der Waals surface area contributed by atoms with Crippen LogP contribution >= 0.6 is 0 Å². The Hall–Kier alpha value is -2.22. The number of nitrogens with one attached hydrogen (secondary N) is 1. The topological polar surface area (TPSA) is 75.2 Å². The van der Waals surface area contributed by atoms with Crippen LogP contribution in [0.1, 0.15) is 12.2 Å². The van der Waals surface area contributed by atoms with E-state index in [1.165, 1.54) is 12.1 Å². The highest BCUT2D eigenvalue weighted by Crippen LogP contribution is 2.24. The number of aromatic nitrogens is 2. The van der Waals surface area contributed by atoms with Crippen molar-refractivity contribution in [3.8, 4) is 0 Å². The third-order valence-electron chi connectivity index (χ3n) is 4.04. The maximum atomic E-state index is 13.3. The molecule has 2 heterocycles. The number of hydrogen-bond donors (Lipinski definition) is 1. The average Bonchev–Trinajstić information content (AvgIpc) is 2.86. The fourth-order valence-corrected chi connectivity index (χ4v) is 4.55. The summed E-state index contributed by atoms with van der Waals surface area (Å²) in [5.74, 6) is 1.75. The van der Waals surface area contributed by atoms with Gasteiger partial charge in [-0.25, -0.2) is 22.8 Å². The van der Waals surface area contributed by atoms with Crippen molar-refractivity contribution in [3.05, 3.63) is 42.0 Å². The summed E-state index contributed by atoms with van der Waals surface area (Å²) in [6.07, 6.45) is 0.592. The van der Waals surface area contributed by atoms with Crippen LogP contribution in [0.4, 0.5) is 21.7 Å². The molecule has 1 aromatic heterocycles. The van der Waals surface area contributed by atoms with Crippen LogP contribution in [-0.2, 0) is 9.84 Å². The number of sulfone groups is 1. The van der Waals surface area contributed by atoms with Gasteiger partial charge in [-0.1, -0.05) is 6.07 Å². The van der Waals surface area contributed by atoms with Gasteiger partial charge in [0.25, 0.3) is 0 Å². The number of rotatable bonds is 4. The molecule has 128 valence electrons. The molecule has 24 heavy (non-hydrogen) atoms. The van der Waals surface area contributed by atoms with Gasteiger partial charge in [0, 0.05) is 24.8 Å². The Morgan fingerprint density at radius 3 is 2.75 bits per heavy atom.